The Morgan fingerprint density at radius 2 is 1.71 bits per heavy atom. The molecule has 0 amide bonds. The summed E-state index contributed by atoms with van der Waals surface area (Å²) in [5, 5.41) is 0. The van der Waals surface area contributed by atoms with Crippen LogP contribution in [-0.2, 0) is 12.0 Å². The van der Waals surface area contributed by atoms with Gasteiger partial charge in [0.2, 0.25) is 0 Å². The fourth-order valence-corrected chi connectivity index (χ4v) is 2.69. The third-order valence-electron chi connectivity index (χ3n) is 3.67. The van der Waals surface area contributed by atoms with E-state index in [0.29, 0.717) is 6.42 Å². The van der Waals surface area contributed by atoms with Crippen molar-refractivity contribution in [1.29, 1.82) is 0 Å². The molecule has 0 fully saturated rings. The first-order valence-electron chi connectivity index (χ1n) is 6.55. The minimum atomic E-state index is -1.17. The highest BCUT2D eigenvalue weighted by atomic mass is 79.9. The van der Waals surface area contributed by atoms with Crippen molar-refractivity contribution in [2.24, 2.45) is 5.73 Å². The molecule has 2 aromatic carbocycles. The van der Waals surface area contributed by atoms with Crippen LogP contribution in [0.5, 0.6) is 0 Å². The summed E-state index contributed by atoms with van der Waals surface area (Å²) >= 11 is 3.02. The normalized spacial score (nSPS) is 14.0. The van der Waals surface area contributed by atoms with E-state index in [1.165, 1.54) is 18.2 Å². The predicted molar refractivity (Wildman–Crippen MR) is 80.3 cm³/mol. The molecule has 1 unspecified atom stereocenters. The third-order valence-corrected chi connectivity index (χ3v) is 4.28. The zero-order valence-electron chi connectivity index (χ0n) is 11.5. The van der Waals surface area contributed by atoms with E-state index in [-0.39, 0.29) is 22.0 Å². The Morgan fingerprint density at radius 1 is 1.05 bits per heavy atom. The lowest BCUT2D eigenvalue weighted by Gasteiger charge is -2.29. The van der Waals surface area contributed by atoms with Crippen LogP contribution in [0.4, 0.5) is 13.2 Å². The number of hydrogen-bond donors (Lipinski definition) is 1. The van der Waals surface area contributed by atoms with Gasteiger partial charge < -0.3 is 5.73 Å². The van der Waals surface area contributed by atoms with Crippen molar-refractivity contribution in [3.8, 4) is 0 Å². The summed E-state index contributed by atoms with van der Waals surface area (Å²) in [5.74, 6) is -1.86. The Bertz CT molecular complexity index is 660. The second-order valence-electron chi connectivity index (χ2n) is 4.99. The Kier molecular flexibility index (Phi) is 4.74. The monoisotopic (exact) mass is 357 g/mol. The first-order valence-corrected chi connectivity index (χ1v) is 7.34. The van der Waals surface area contributed by atoms with Crippen LogP contribution < -0.4 is 5.73 Å². The van der Waals surface area contributed by atoms with Gasteiger partial charge in [0.1, 0.15) is 17.5 Å². The van der Waals surface area contributed by atoms with E-state index < -0.39 is 23.0 Å². The molecule has 112 valence electrons. The zero-order chi connectivity index (χ0) is 15.6. The Balaban J connectivity index is 2.49. The van der Waals surface area contributed by atoms with Crippen LogP contribution in [0.15, 0.2) is 40.9 Å². The molecule has 2 rings (SSSR count). The van der Waals surface area contributed by atoms with Gasteiger partial charge in [-0.15, -0.1) is 0 Å². The van der Waals surface area contributed by atoms with Crippen molar-refractivity contribution in [3.05, 3.63) is 69.4 Å². The standard InChI is InChI=1S/C16H15BrF3N/c1-2-16(21,11-5-3-4-6-14(11)19)9-10-13(18)8-7-12(17)15(10)20/h3-8H,2,9,21H2,1H3. The van der Waals surface area contributed by atoms with E-state index in [4.69, 9.17) is 5.73 Å². The van der Waals surface area contributed by atoms with Crippen LogP contribution >= 0.6 is 15.9 Å². The van der Waals surface area contributed by atoms with Crippen LogP contribution in [0.2, 0.25) is 0 Å². The number of halogens is 4. The molecular weight excluding hydrogens is 343 g/mol. The molecule has 0 heterocycles. The van der Waals surface area contributed by atoms with Crippen LogP contribution in [0, 0.1) is 17.5 Å². The first-order chi connectivity index (χ1) is 9.89. The lowest BCUT2D eigenvalue weighted by Crippen LogP contribution is -2.39. The van der Waals surface area contributed by atoms with Gasteiger partial charge in [0.15, 0.2) is 0 Å². The second kappa shape index (κ2) is 6.20. The fraction of sp³-hybridized carbons (Fsp3) is 0.250. The Hall–Kier alpha value is -1.33. The van der Waals surface area contributed by atoms with Crippen molar-refractivity contribution in [3.63, 3.8) is 0 Å². The zero-order valence-corrected chi connectivity index (χ0v) is 13.1. The molecule has 0 aliphatic carbocycles. The Morgan fingerprint density at radius 3 is 2.33 bits per heavy atom. The largest absolute Gasteiger partial charge is 0.321 e. The summed E-state index contributed by atoms with van der Waals surface area (Å²) in [7, 11) is 0. The van der Waals surface area contributed by atoms with E-state index >= 15 is 0 Å². The minimum Gasteiger partial charge on any atom is -0.321 e. The van der Waals surface area contributed by atoms with Gasteiger partial charge in [-0.05, 0) is 40.5 Å². The molecular formula is C16H15BrF3N. The van der Waals surface area contributed by atoms with E-state index in [0.717, 1.165) is 0 Å². The van der Waals surface area contributed by atoms with E-state index in [1.807, 2.05) is 0 Å². The molecule has 1 atom stereocenters. The molecule has 21 heavy (non-hydrogen) atoms. The summed E-state index contributed by atoms with van der Waals surface area (Å²) in [5.41, 5.74) is 5.19. The van der Waals surface area contributed by atoms with Crippen LogP contribution in [0.1, 0.15) is 24.5 Å². The average Bonchev–Trinajstić information content (AvgIpc) is 2.48. The molecule has 0 spiro atoms. The highest BCUT2D eigenvalue weighted by Crippen LogP contribution is 2.32. The van der Waals surface area contributed by atoms with Crippen molar-refractivity contribution >= 4 is 15.9 Å². The molecule has 5 heteroatoms. The van der Waals surface area contributed by atoms with Gasteiger partial charge in [0.25, 0.3) is 0 Å². The van der Waals surface area contributed by atoms with E-state index in [9.17, 15) is 13.2 Å². The number of benzene rings is 2. The summed E-state index contributed by atoms with van der Waals surface area (Å²) in [6.45, 7) is 1.76. The quantitative estimate of drug-likeness (QED) is 0.790. The highest BCUT2D eigenvalue weighted by molar-refractivity contribution is 9.10. The molecule has 0 saturated carbocycles. The van der Waals surface area contributed by atoms with Gasteiger partial charge in [-0.1, -0.05) is 25.1 Å². The van der Waals surface area contributed by atoms with Gasteiger partial charge in [0, 0.05) is 23.1 Å². The van der Waals surface area contributed by atoms with Crippen LogP contribution in [-0.4, -0.2) is 0 Å². The third kappa shape index (κ3) is 3.14. The molecule has 0 aliphatic rings. The number of nitrogens with two attached hydrogens (primary N) is 1. The molecule has 0 saturated heterocycles. The summed E-state index contributed by atoms with van der Waals surface area (Å²) < 4.78 is 42.1. The Labute approximate surface area is 130 Å². The summed E-state index contributed by atoms with van der Waals surface area (Å²) in [6, 6.07) is 8.51. The average molecular weight is 358 g/mol. The number of rotatable bonds is 4. The fourth-order valence-electron chi connectivity index (χ4n) is 2.32. The maximum Gasteiger partial charge on any atom is 0.143 e. The summed E-state index contributed by atoms with van der Waals surface area (Å²) in [6.07, 6.45) is 0.223. The van der Waals surface area contributed by atoms with Crippen molar-refractivity contribution < 1.29 is 13.2 Å². The van der Waals surface area contributed by atoms with Gasteiger partial charge in [-0.25, -0.2) is 13.2 Å². The summed E-state index contributed by atoms with van der Waals surface area (Å²) in [4.78, 5) is 0. The van der Waals surface area contributed by atoms with E-state index in [2.05, 4.69) is 15.9 Å². The SMILES string of the molecule is CCC(N)(Cc1c(F)ccc(Br)c1F)c1ccccc1F. The van der Waals surface area contributed by atoms with E-state index in [1.54, 1.807) is 25.1 Å². The van der Waals surface area contributed by atoms with Crippen LogP contribution in [0.3, 0.4) is 0 Å². The second-order valence-corrected chi connectivity index (χ2v) is 5.84. The lowest BCUT2D eigenvalue weighted by molar-refractivity contribution is 0.386. The van der Waals surface area contributed by atoms with Crippen molar-refractivity contribution in [1.82, 2.24) is 0 Å². The van der Waals surface area contributed by atoms with Gasteiger partial charge >= 0.3 is 0 Å². The molecule has 0 aromatic heterocycles. The van der Waals surface area contributed by atoms with Crippen LogP contribution in [0.25, 0.3) is 0 Å². The molecule has 2 N–H and O–H groups in total. The molecule has 0 aliphatic heterocycles. The maximum absolute atomic E-state index is 14.1. The smallest absolute Gasteiger partial charge is 0.143 e. The topological polar surface area (TPSA) is 26.0 Å². The minimum absolute atomic E-state index is 0.123. The highest BCUT2D eigenvalue weighted by Gasteiger charge is 2.31. The lowest BCUT2D eigenvalue weighted by atomic mass is 9.82. The first kappa shape index (κ1) is 16.0. The molecule has 0 radical (unpaired) electrons. The predicted octanol–water partition coefficient (Wildman–Crippen LogP) is 4.67. The number of hydrogen-bond acceptors (Lipinski definition) is 1. The molecule has 2 aromatic rings. The molecule has 0 bridgehead atoms. The van der Waals surface area contributed by atoms with Crippen molar-refractivity contribution in [2.45, 2.75) is 25.3 Å². The van der Waals surface area contributed by atoms with Crippen molar-refractivity contribution in [2.75, 3.05) is 0 Å². The van der Waals surface area contributed by atoms with Gasteiger partial charge in [-0.2, -0.15) is 0 Å². The van der Waals surface area contributed by atoms with Gasteiger partial charge in [0.05, 0.1) is 4.47 Å². The maximum atomic E-state index is 14.1. The van der Waals surface area contributed by atoms with Gasteiger partial charge in [-0.3, -0.25) is 0 Å². The molecule has 1 nitrogen and oxygen atoms in total.